The molecule has 0 aliphatic rings. The molecule has 0 fully saturated rings. The van der Waals surface area contributed by atoms with Crippen LogP contribution in [0.3, 0.4) is 0 Å². The fourth-order valence-corrected chi connectivity index (χ4v) is 3.55. The second-order valence-corrected chi connectivity index (χ2v) is 7.62. The Kier molecular flexibility index (Phi) is 6.98. The van der Waals surface area contributed by atoms with Crippen molar-refractivity contribution in [2.75, 3.05) is 21.3 Å². The summed E-state index contributed by atoms with van der Waals surface area (Å²) in [7, 11) is 4.48. The molecule has 0 unspecified atom stereocenters. The van der Waals surface area contributed by atoms with Crippen LogP contribution >= 0.6 is 11.6 Å². The quantitative estimate of drug-likeness (QED) is 0.382. The minimum atomic E-state index is -0.693. The summed E-state index contributed by atoms with van der Waals surface area (Å²) in [5.74, 6) is 1.29. The fourth-order valence-electron chi connectivity index (χ4n) is 3.42. The van der Waals surface area contributed by atoms with Crippen LogP contribution in [0.4, 0.5) is 0 Å². The molecule has 0 bridgehead atoms. The Balaban J connectivity index is 1.69. The lowest BCUT2D eigenvalue weighted by molar-refractivity contribution is 0.0937. The summed E-state index contributed by atoms with van der Waals surface area (Å²) in [6.07, 6.45) is 0. The summed E-state index contributed by atoms with van der Waals surface area (Å²) in [5, 5.41) is 11.9. The third-order valence-corrected chi connectivity index (χ3v) is 5.37. The maximum Gasteiger partial charge on any atom is 0.252 e. The Morgan fingerprint density at radius 2 is 1.56 bits per heavy atom. The molecule has 4 aromatic rings. The number of methoxy groups -OCH3 is 3. The standard InChI is InChI=1S/C25H22ClN3O5/c1-31-19-13-17(14-20(32-2)22(19)33-3)23(30)27-21(15-7-5-4-6-8-15)25-29-28-24(34-25)16-9-11-18(26)12-10-16/h4-14,21H,1-3H3,(H,27,30)/t21-/m0/s1. The van der Waals surface area contributed by atoms with Crippen molar-refractivity contribution >= 4 is 17.5 Å². The van der Waals surface area contributed by atoms with E-state index >= 15 is 0 Å². The lowest BCUT2D eigenvalue weighted by atomic mass is 10.1. The first-order valence-corrected chi connectivity index (χ1v) is 10.7. The first kappa shape index (κ1) is 23.1. The van der Waals surface area contributed by atoms with Crippen LogP contribution in [-0.4, -0.2) is 37.4 Å². The van der Waals surface area contributed by atoms with E-state index in [0.717, 1.165) is 5.56 Å². The monoisotopic (exact) mass is 479 g/mol. The molecule has 174 valence electrons. The van der Waals surface area contributed by atoms with E-state index in [1.807, 2.05) is 30.3 Å². The van der Waals surface area contributed by atoms with Crippen molar-refractivity contribution in [3.8, 4) is 28.7 Å². The van der Waals surface area contributed by atoms with Crippen LogP contribution in [0.2, 0.25) is 5.02 Å². The van der Waals surface area contributed by atoms with Gasteiger partial charge in [-0.25, -0.2) is 0 Å². The van der Waals surface area contributed by atoms with Gasteiger partial charge in [-0.2, -0.15) is 0 Å². The van der Waals surface area contributed by atoms with Gasteiger partial charge in [0.05, 0.1) is 21.3 Å². The van der Waals surface area contributed by atoms with Crippen LogP contribution in [0.15, 0.2) is 71.1 Å². The van der Waals surface area contributed by atoms with Crippen molar-refractivity contribution in [3.05, 3.63) is 88.8 Å². The number of nitrogens with one attached hydrogen (secondary N) is 1. The van der Waals surface area contributed by atoms with E-state index in [1.54, 1.807) is 36.4 Å². The van der Waals surface area contributed by atoms with Crippen molar-refractivity contribution in [3.63, 3.8) is 0 Å². The van der Waals surface area contributed by atoms with Crippen LogP contribution in [0, 0.1) is 0 Å². The van der Waals surface area contributed by atoms with Gasteiger partial charge in [-0.05, 0) is 42.0 Å². The molecule has 0 saturated heterocycles. The molecular weight excluding hydrogens is 458 g/mol. The molecule has 1 amide bonds. The van der Waals surface area contributed by atoms with Crippen molar-refractivity contribution in [1.29, 1.82) is 0 Å². The summed E-state index contributed by atoms with van der Waals surface area (Å²) in [4.78, 5) is 13.3. The van der Waals surface area contributed by atoms with Crippen LogP contribution in [0.5, 0.6) is 17.2 Å². The summed E-state index contributed by atoms with van der Waals surface area (Å²) in [6.45, 7) is 0. The van der Waals surface area contributed by atoms with E-state index < -0.39 is 6.04 Å². The maximum absolute atomic E-state index is 13.3. The molecule has 4 rings (SSSR count). The van der Waals surface area contributed by atoms with E-state index in [1.165, 1.54) is 21.3 Å². The first-order chi connectivity index (χ1) is 16.5. The van der Waals surface area contributed by atoms with Gasteiger partial charge in [0.2, 0.25) is 17.5 Å². The van der Waals surface area contributed by atoms with E-state index in [2.05, 4.69) is 15.5 Å². The van der Waals surface area contributed by atoms with Crippen molar-refractivity contribution in [1.82, 2.24) is 15.5 Å². The average molecular weight is 480 g/mol. The molecule has 0 aliphatic carbocycles. The second-order valence-electron chi connectivity index (χ2n) is 7.18. The molecule has 1 N–H and O–H groups in total. The van der Waals surface area contributed by atoms with Crippen molar-refractivity contribution in [2.24, 2.45) is 0 Å². The summed E-state index contributed by atoms with van der Waals surface area (Å²) >= 11 is 5.97. The lowest BCUT2D eigenvalue weighted by Crippen LogP contribution is -2.29. The number of halogens is 1. The van der Waals surface area contributed by atoms with Crippen LogP contribution in [0.1, 0.15) is 27.9 Å². The van der Waals surface area contributed by atoms with Gasteiger partial charge >= 0.3 is 0 Å². The topological polar surface area (TPSA) is 95.7 Å². The number of hydrogen-bond acceptors (Lipinski definition) is 7. The molecule has 34 heavy (non-hydrogen) atoms. The third-order valence-electron chi connectivity index (χ3n) is 5.11. The van der Waals surface area contributed by atoms with E-state index in [-0.39, 0.29) is 11.8 Å². The molecule has 9 heteroatoms. The molecule has 1 aromatic heterocycles. The fraction of sp³-hybridized carbons (Fsp3) is 0.160. The largest absolute Gasteiger partial charge is 0.493 e. The van der Waals surface area contributed by atoms with E-state index in [9.17, 15) is 4.79 Å². The van der Waals surface area contributed by atoms with Crippen LogP contribution < -0.4 is 19.5 Å². The maximum atomic E-state index is 13.3. The molecule has 0 aliphatic heterocycles. The van der Waals surface area contributed by atoms with E-state index in [4.69, 9.17) is 30.2 Å². The highest BCUT2D eigenvalue weighted by atomic mass is 35.5. The Labute approximate surface area is 201 Å². The minimum Gasteiger partial charge on any atom is -0.493 e. The van der Waals surface area contributed by atoms with Crippen molar-refractivity contribution < 1.29 is 23.4 Å². The van der Waals surface area contributed by atoms with Crippen LogP contribution in [0.25, 0.3) is 11.5 Å². The number of aromatic nitrogens is 2. The normalized spacial score (nSPS) is 11.5. The molecular formula is C25H22ClN3O5. The van der Waals surface area contributed by atoms with Gasteiger partial charge in [0.1, 0.15) is 6.04 Å². The Morgan fingerprint density at radius 3 is 2.15 bits per heavy atom. The Bertz CT molecular complexity index is 1250. The zero-order valence-corrected chi connectivity index (χ0v) is 19.5. The van der Waals surface area contributed by atoms with Gasteiger partial charge in [0.25, 0.3) is 5.91 Å². The predicted octanol–water partition coefficient (Wildman–Crippen LogP) is 4.94. The van der Waals surface area contributed by atoms with Gasteiger partial charge in [-0.15, -0.1) is 10.2 Å². The summed E-state index contributed by atoms with van der Waals surface area (Å²) < 4.78 is 22.0. The minimum absolute atomic E-state index is 0.233. The summed E-state index contributed by atoms with van der Waals surface area (Å²) in [5.41, 5.74) is 1.80. The molecule has 0 saturated carbocycles. The molecule has 0 radical (unpaired) electrons. The Morgan fingerprint density at radius 1 is 0.912 bits per heavy atom. The third kappa shape index (κ3) is 4.82. The highest BCUT2D eigenvalue weighted by Gasteiger charge is 2.25. The highest BCUT2D eigenvalue weighted by molar-refractivity contribution is 6.30. The average Bonchev–Trinajstić information content (AvgIpc) is 3.37. The zero-order chi connectivity index (χ0) is 24.1. The molecule has 8 nitrogen and oxygen atoms in total. The van der Waals surface area contributed by atoms with Crippen molar-refractivity contribution in [2.45, 2.75) is 6.04 Å². The second kappa shape index (κ2) is 10.3. The number of benzene rings is 3. The van der Waals surface area contributed by atoms with Gasteiger partial charge in [0, 0.05) is 16.1 Å². The number of nitrogens with zero attached hydrogens (tertiary/aromatic N) is 2. The van der Waals surface area contributed by atoms with E-state index in [0.29, 0.717) is 39.3 Å². The SMILES string of the molecule is COc1cc(C(=O)N[C@@H](c2ccccc2)c2nnc(-c3ccc(Cl)cc3)o2)cc(OC)c1OC. The number of ether oxygens (including phenoxy) is 3. The molecule has 1 heterocycles. The lowest BCUT2D eigenvalue weighted by Gasteiger charge is -2.17. The molecule has 1 atom stereocenters. The smallest absolute Gasteiger partial charge is 0.252 e. The highest BCUT2D eigenvalue weighted by Crippen LogP contribution is 2.38. The van der Waals surface area contributed by atoms with Crippen LogP contribution in [-0.2, 0) is 0 Å². The van der Waals surface area contributed by atoms with Gasteiger partial charge in [-0.3, -0.25) is 4.79 Å². The Hall–Kier alpha value is -4.04. The molecule has 0 spiro atoms. The molecule has 3 aromatic carbocycles. The number of carbonyl (C=O) groups excluding carboxylic acids is 1. The van der Waals surface area contributed by atoms with Gasteiger partial charge in [-0.1, -0.05) is 41.9 Å². The zero-order valence-electron chi connectivity index (χ0n) is 18.7. The van der Waals surface area contributed by atoms with Gasteiger partial charge < -0.3 is 23.9 Å². The van der Waals surface area contributed by atoms with Gasteiger partial charge in [0.15, 0.2) is 11.5 Å². The number of carbonyl (C=O) groups is 1. The number of amides is 1. The number of rotatable bonds is 8. The summed E-state index contributed by atoms with van der Waals surface area (Å²) in [6, 6.07) is 18.8. The number of hydrogen-bond donors (Lipinski definition) is 1. The first-order valence-electron chi connectivity index (χ1n) is 10.3. The predicted molar refractivity (Wildman–Crippen MR) is 127 cm³/mol.